The minimum Gasteiger partial charge on any atom is -0.304 e. The van der Waals surface area contributed by atoms with Crippen molar-refractivity contribution in [3.05, 3.63) is 58.2 Å². The van der Waals surface area contributed by atoms with Crippen LogP contribution in [-0.4, -0.2) is 9.97 Å². The minimum atomic E-state index is 0.268. The van der Waals surface area contributed by atoms with Gasteiger partial charge < -0.3 is 5.32 Å². The molecule has 3 heteroatoms. The quantitative estimate of drug-likeness (QED) is 0.922. The van der Waals surface area contributed by atoms with E-state index in [9.17, 15) is 0 Å². The summed E-state index contributed by atoms with van der Waals surface area (Å²) in [5.41, 5.74) is 7.12. The first kappa shape index (κ1) is 14.7. The fraction of sp³-hybridized carbons (Fsp3) is 0.412. The number of rotatable bonds is 4. The third-order valence-electron chi connectivity index (χ3n) is 3.71. The molecule has 0 aliphatic heterocycles. The van der Waals surface area contributed by atoms with Crippen LogP contribution in [0.2, 0.25) is 0 Å². The van der Waals surface area contributed by atoms with Crippen LogP contribution in [0.15, 0.2) is 24.4 Å². The van der Waals surface area contributed by atoms with Crippen LogP contribution in [0.25, 0.3) is 0 Å². The van der Waals surface area contributed by atoms with Crippen LogP contribution in [-0.2, 0) is 6.54 Å². The van der Waals surface area contributed by atoms with Gasteiger partial charge in [-0.05, 0) is 63.4 Å². The van der Waals surface area contributed by atoms with Gasteiger partial charge in [-0.3, -0.25) is 9.97 Å². The second-order valence-corrected chi connectivity index (χ2v) is 5.45. The molecule has 0 fully saturated rings. The van der Waals surface area contributed by atoms with E-state index in [2.05, 4.69) is 55.1 Å². The molecule has 1 atom stereocenters. The first-order chi connectivity index (χ1) is 9.49. The highest BCUT2D eigenvalue weighted by molar-refractivity contribution is 5.33. The van der Waals surface area contributed by atoms with Gasteiger partial charge in [0.05, 0.1) is 5.69 Å². The van der Waals surface area contributed by atoms with Crippen molar-refractivity contribution >= 4 is 0 Å². The molecular weight excluding hydrogens is 246 g/mol. The summed E-state index contributed by atoms with van der Waals surface area (Å²) in [6, 6.07) is 6.48. The average molecular weight is 269 g/mol. The summed E-state index contributed by atoms with van der Waals surface area (Å²) in [4.78, 5) is 9.00. The van der Waals surface area contributed by atoms with Crippen molar-refractivity contribution in [2.75, 3.05) is 0 Å². The molecule has 2 heterocycles. The van der Waals surface area contributed by atoms with Crippen LogP contribution in [0.1, 0.15) is 46.7 Å². The van der Waals surface area contributed by atoms with E-state index in [0.29, 0.717) is 0 Å². The average Bonchev–Trinajstić information content (AvgIpc) is 2.36. The van der Waals surface area contributed by atoms with Gasteiger partial charge in [0.25, 0.3) is 0 Å². The Morgan fingerprint density at radius 3 is 2.55 bits per heavy atom. The predicted molar refractivity (Wildman–Crippen MR) is 82.7 cm³/mol. The van der Waals surface area contributed by atoms with Gasteiger partial charge in [0.1, 0.15) is 0 Å². The lowest BCUT2D eigenvalue weighted by atomic mass is 10.0. The van der Waals surface area contributed by atoms with Crippen molar-refractivity contribution in [1.82, 2.24) is 15.3 Å². The second-order valence-electron chi connectivity index (χ2n) is 5.45. The maximum atomic E-state index is 4.57. The number of aryl methyl sites for hydroxylation is 4. The Morgan fingerprint density at radius 2 is 1.90 bits per heavy atom. The molecule has 0 spiro atoms. The zero-order valence-electron chi connectivity index (χ0n) is 13.0. The molecule has 0 bridgehead atoms. The SMILES string of the molecule is Cc1cc(C)c(C(C)NCc2ncccc2C)c(C)n1. The van der Waals surface area contributed by atoms with Crippen LogP contribution in [0.4, 0.5) is 0 Å². The Hall–Kier alpha value is -1.74. The lowest BCUT2D eigenvalue weighted by molar-refractivity contribution is 0.559. The van der Waals surface area contributed by atoms with Gasteiger partial charge in [0.2, 0.25) is 0 Å². The van der Waals surface area contributed by atoms with E-state index in [1.807, 2.05) is 19.2 Å². The monoisotopic (exact) mass is 269 g/mol. The fourth-order valence-electron chi connectivity index (χ4n) is 2.74. The first-order valence-corrected chi connectivity index (χ1v) is 7.07. The van der Waals surface area contributed by atoms with Gasteiger partial charge in [0.15, 0.2) is 0 Å². The first-order valence-electron chi connectivity index (χ1n) is 7.07. The Kier molecular flexibility index (Phi) is 4.50. The van der Waals surface area contributed by atoms with Gasteiger partial charge in [-0.15, -0.1) is 0 Å². The van der Waals surface area contributed by atoms with E-state index >= 15 is 0 Å². The number of nitrogens with one attached hydrogen (secondary N) is 1. The predicted octanol–water partition coefficient (Wildman–Crippen LogP) is 3.56. The van der Waals surface area contributed by atoms with Crippen LogP contribution in [0.5, 0.6) is 0 Å². The van der Waals surface area contributed by atoms with Gasteiger partial charge in [0, 0.05) is 30.2 Å². The number of nitrogens with zero attached hydrogens (tertiary/aromatic N) is 2. The van der Waals surface area contributed by atoms with Crippen molar-refractivity contribution in [3.63, 3.8) is 0 Å². The van der Waals surface area contributed by atoms with Gasteiger partial charge in [-0.1, -0.05) is 6.07 Å². The maximum absolute atomic E-state index is 4.57. The van der Waals surface area contributed by atoms with E-state index < -0.39 is 0 Å². The third-order valence-corrected chi connectivity index (χ3v) is 3.71. The Bertz CT molecular complexity index is 582. The summed E-state index contributed by atoms with van der Waals surface area (Å²) in [5.74, 6) is 0. The normalized spacial score (nSPS) is 12.4. The second kappa shape index (κ2) is 6.14. The van der Waals surface area contributed by atoms with Crippen LogP contribution in [0, 0.1) is 27.7 Å². The summed E-state index contributed by atoms with van der Waals surface area (Å²) in [6.07, 6.45) is 1.85. The van der Waals surface area contributed by atoms with E-state index in [1.165, 1.54) is 16.7 Å². The van der Waals surface area contributed by atoms with Crippen LogP contribution in [0.3, 0.4) is 0 Å². The molecule has 0 aromatic carbocycles. The lowest BCUT2D eigenvalue weighted by Gasteiger charge is -2.19. The third kappa shape index (κ3) is 3.23. The molecule has 106 valence electrons. The molecule has 1 unspecified atom stereocenters. The molecule has 1 N–H and O–H groups in total. The fourth-order valence-corrected chi connectivity index (χ4v) is 2.74. The van der Waals surface area contributed by atoms with Gasteiger partial charge in [-0.25, -0.2) is 0 Å². The Balaban J connectivity index is 2.13. The van der Waals surface area contributed by atoms with Crippen molar-refractivity contribution < 1.29 is 0 Å². The van der Waals surface area contributed by atoms with Crippen molar-refractivity contribution in [3.8, 4) is 0 Å². The summed E-state index contributed by atoms with van der Waals surface area (Å²) >= 11 is 0. The number of pyridine rings is 2. The highest BCUT2D eigenvalue weighted by Gasteiger charge is 2.13. The van der Waals surface area contributed by atoms with E-state index in [0.717, 1.165) is 23.6 Å². The molecule has 0 saturated heterocycles. The standard InChI is InChI=1S/C17H23N3/c1-11-7-6-8-18-16(11)10-19-14(4)17-12(2)9-13(3)20-15(17)5/h6-9,14,19H,10H2,1-5H3. The summed E-state index contributed by atoms with van der Waals surface area (Å²) in [5, 5.41) is 3.55. The zero-order chi connectivity index (χ0) is 14.7. The van der Waals surface area contributed by atoms with Gasteiger partial charge >= 0.3 is 0 Å². The Labute approximate surface area is 121 Å². The highest BCUT2D eigenvalue weighted by atomic mass is 14.9. The summed E-state index contributed by atoms with van der Waals surface area (Å²) in [6.45, 7) is 11.3. The molecule has 0 radical (unpaired) electrons. The molecule has 0 saturated carbocycles. The topological polar surface area (TPSA) is 37.8 Å². The lowest BCUT2D eigenvalue weighted by Crippen LogP contribution is -2.21. The van der Waals surface area contributed by atoms with Crippen LogP contribution < -0.4 is 5.32 Å². The molecule has 0 aliphatic rings. The summed E-state index contributed by atoms with van der Waals surface area (Å²) < 4.78 is 0. The van der Waals surface area contributed by atoms with E-state index in [-0.39, 0.29) is 6.04 Å². The minimum absolute atomic E-state index is 0.268. The van der Waals surface area contributed by atoms with E-state index in [4.69, 9.17) is 0 Å². The molecule has 0 amide bonds. The van der Waals surface area contributed by atoms with E-state index in [1.54, 1.807) is 0 Å². The largest absolute Gasteiger partial charge is 0.304 e. The van der Waals surface area contributed by atoms with Crippen molar-refractivity contribution in [2.45, 2.75) is 47.2 Å². The van der Waals surface area contributed by atoms with Crippen molar-refractivity contribution in [2.24, 2.45) is 0 Å². The van der Waals surface area contributed by atoms with Crippen LogP contribution >= 0.6 is 0 Å². The summed E-state index contributed by atoms with van der Waals surface area (Å²) in [7, 11) is 0. The highest BCUT2D eigenvalue weighted by Crippen LogP contribution is 2.21. The van der Waals surface area contributed by atoms with Gasteiger partial charge in [-0.2, -0.15) is 0 Å². The zero-order valence-corrected chi connectivity index (χ0v) is 13.0. The number of hydrogen-bond donors (Lipinski definition) is 1. The Morgan fingerprint density at radius 1 is 1.15 bits per heavy atom. The molecule has 2 aromatic heterocycles. The maximum Gasteiger partial charge on any atom is 0.0570 e. The number of hydrogen-bond acceptors (Lipinski definition) is 3. The molecule has 2 rings (SSSR count). The molecule has 2 aromatic rings. The molecule has 20 heavy (non-hydrogen) atoms. The smallest absolute Gasteiger partial charge is 0.0570 e. The number of aromatic nitrogens is 2. The van der Waals surface area contributed by atoms with Crippen molar-refractivity contribution in [1.29, 1.82) is 0 Å². The molecular formula is C17H23N3. The molecule has 3 nitrogen and oxygen atoms in total. The molecule has 0 aliphatic carbocycles.